The monoisotopic (exact) mass is 259 g/mol. The van der Waals surface area contributed by atoms with Gasteiger partial charge in [0.05, 0.1) is 17.1 Å². The molecule has 0 saturated heterocycles. The van der Waals surface area contributed by atoms with Crippen LogP contribution in [0.15, 0.2) is 18.2 Å². The molecule has 0 fully saturated rings. The van der Waals surface area contributed by atoms with E-state index in [9.17, 15) is 14.9 Å². The van der Waals surface area contributed by atoms with Crippen LogP contribution in [-0.4, -0.2) is 22.1 Å². The SMILES string of the molecule is C[C@H](OCc1cc(Cl)ccc1[N+](=O)[O-])C(=O)O. The number of benzene rings is 1. The molecular weight excluding hydrogens is 250 g/mol. The Morgan fingerprint density at radius 2 is 2.29 bits per heavy atom. The Morgan fingerprint density at radius 1 is 1.65 bits per heavy atom. The zero-order chi connectivity index (χ0) is 13.0. The number of hydrogen-bond acceptors (Lipinski definition) is 4. The second kappa shape index (κ2) is 5.60. The van der Waals surface area contributed by atoms with E-state index in [1.807, 2.05) is 0 Å². The molecule has 1 aromatic rings. The number of aliphatic carboxylic acids is 1. The fraction of sp³-hybridized carbons (Fsp3) is 0.300. The van der Waals surface area contributed by atoms with Gasteiger partial charge in [0.25, 0.3) is 5.69 Å². The minimum absolute atomic E-state index is 0.146. The van der Waals surface area contributed by atoms with Crippen molar-refractivity contribution in [3.8, 4) is 0 Å². The number of carboxylic acid groups (broad SMARTS) is 1. The molecule has 0 saturated carbocycles. The second-order valence-electron chi connectivity index (χ2n) is 3.32. The van der Waals surface area contributed by atoms with E-state index in [2.05, 4.69) is 0 Å². The first-order valence-electron chi connectivity index (χ1n) is 4.69. The molecular formula is C10H10ClNO5. The number of rotatable bonds is 5. The van der Waals surface area contributed by atoms with E-state index in [1.165, 1.54) is 25.1 Å². The summed E-state index contributed by atoms with van der Waals surface area (Å²) in [6.07, 6.45) is -1.03. The molecule has 1 aromatic carbocycles. The molecule has 1 N–H and O–H groups in total. The van der Waals surface area contributed by atoms with Gasteiger partial charge in [-0.15, -0.1) is 0 Å². The molecule has 0 unspecified atom stereocenters. The van der Waals surface area contributed by atoms with Gasteiger partial charge < -0.3 is 9.84 Å². The van der Waals surface area contributed by atoms with Gasteiger partial charge in [0.2, 0.25) is 0 Å². The largest absolute Gasteiger partial charge is 0.479 e. The summed E-state index contributed by atoms with van der Waals surface area (Å²) >= 11 is 5.70. The van der Waals surface area contributed by atoms with Crippen molar-refractivity contribution >= 4 is 23.3 Å². The number of carbonyl (C=O) groups is 1. The van der Waals surface area contributed by atoms with Crippen LogP contribution in [0.3, 0.4) is 0 Å². The van der Waals surface area contributed by atoms with Gasteiger partial charge in [-0.1, -0.05) is 11.6 Å². The highest BCUT2D eigenvalue weighted by atomic mass is 35.5. The highest BCUT2D eigenvalue weighted by molar-refractivity contribution is 6.30. The standard InChI is InChI=1S/C10H10ClNO5/c1-6(10(13)14)17-5-7-4-8(11)2-3-9(7)12(15)16/h2-4,6H,5H2,1H3,(H,13,14)/t6-/m0/s1. The molecule has 0 radical (unpaired) electrons. The first-order valence-corrected chi connectivity index (χ1v) is 5.07. The second-order valence-corrected chi connectivity index (χ2v) is 3.76. The zero-order valence-corrected chi connectivity index (χ0v) is 9.68. The number of hydrogen-bond donors (Lipinski definition) is 1. The summed E-state index contributed by atoms with van der Waals surface area (Å²) in [4.78, 5) is 20.7. The van der Waals surface area contributed by atoms with Crippen LogP contribution >= 0.6 is 11.6 Å². The molecule has 0 aromatic heterocycles. The van der Waals surface area contributed by atoms with Crippen LogP contribution in [0.25, 0.3) is 0 Å². The van der Waals surface area contributed by atoms with E-state index in [0.29, 0.717) is 5.02 Å². The molecule has 0 spiro atoms. The number of nitro groups is 1. The molecule has 17 heavy (non-hydrogen) atoms. The Morgan fingerprint density at radius 3 is 2.82 bits per heavy atom. The van der Waals surface area contributed by atoms with Crippen LogP contribution in [0.2, 0.25) is 5.02 Å². The third-order valence-corrected chi connectivity index (χ3v) is 2.31. The first-order chi connectivity index (χ1) is 7.91. The lowest BCUT2D eigenvalue weighted by molar-refractivity contribution is -0.386. The highest BCUT2D eigenvalue weighted by Gasteiger charge is 2.17. The molecule has 6 nitrogen and oxygen atoms in total. The van der Waals surface area contributed by atoms with Crippen LogP contribution in [0.4, 0.5) is 5.69 Å². The molecule has 0 aliphatic heterocycles. The molecule has 0 amide bonds. The quantitative estimate of drug-likeness (QED) is 0.647. The summed E-state index contributed by atoms with van der Waals surface area (Å²) in [5.41, 5.74) is 0.0996. The van der Waals surface area contributed by atoms with Crippen molar-refractivity contribution < 1.29 is 19.6 Å². The van der Waals surface area contributed by atoms with Crippen molar-refractivity contribution in [2.45, 2.75) is 19.6 Å². The van der Waals surface area contributed by atoms with Gasteiger partial charge in [0.15, 0.2) is 6.10 Å². The maximum absolute atomic E-state index is 10.7. The first kappa shape index (κ1) is 13.4. The Labute approximate surface area is 102 Å². The summed E-state index contributed by atoms with van der Waals surface area (Å²) in [5.74, 6) is -1.13. The van der Waals surface area contributed by atoms with Crippen molar-refractivity contribution in [1.82, 2.24) is 0 Å². The van der Waals surface area contributed by atoms with E-state index in [0.717, 1.165) is 0 Å². The van der Waals surface area contributed by atoms with Crippen LogP contribution < -0.4 is 0 Å². The van der Waals surface area contributed by atoms with Crippen LogP contribution in [0.1, 0.15) is 12.5 Å². The van der Waals surface area contributed by atoms with Gasteiger partial charge in [-0.25, -0.2) is 4.79 Å². The van der Waals surface area contributed by atoms with Crippen LogP contribution in [0, 0.1) is 10.1 Å². The molecule has 0 aliphatic rings. The topological polar surface area (TPSA) is 89.7 Å². The maximum atomic E-state index is 10.7. The summed E-state index contributed by atoms with van der Waals surface area (Å²) in [7, 11) is 0. The number of nitrogens with zero attached hydrogens (tertiary/aromatic N) is 1. The summed E-state index contributed by atoms with van der Waals surface area (Å²) in [5, 5.41) is 19.6. The average Bonchev–Trinajstić information content (AvgIpc) is 2.25. The van der Waals surface area contributed by atoms with Gasteiger partial charge in [-0.2, -0.15) is 0 Å². The fourth-order valence-corrected chi connectivity index (χ4v) is 1.33. The third kappa shape index (κ3) is 3.69. The molecule has 1 atom stereocenters. The molecule has 0 heterocycles. The van der Waals surface area contributed by atoms with Gasteiger partial charge in [0.1, 0.15) is 0 Å². The highest BCUT2D eigenvalue weighted by Crippen LogP contribution is 2.23. The maximum Gasteiger partial charge on any atom is 0.332 e. The molecule has 1 rings (SSSR count). The van der Waals surface area contributed by atoms with Crippen molar-refractivity contribution in [2.24, 2.45) is 0 Å². The average molecular weight is 260 g/mol. The van der Waals surface area contributed by atoms with E-state index >= 15 is 0 Å². The molecule has 0 bridgehead atoms. The summed E-state index contributed by atoms with van der Waals surface area (Å²) in [6, 6.07) is 4.03. The summed E-state index contributed by atoms with van der Waals surface area (Å²) < 4.78 is 4.97. The minimum atomic E-state index is -1.13. The van der Waals surface area contributed by atoms with Crippen LogP contribution in [0.5, 0.6) is 0 Å². The number of carboxylic acids is 1. The predicted octanol–water partition coefficient (Wildman–Crippen LogP) is 2.24. The van der Waals surface area contributed by atoms with Gasteiger partial charge in [-0.3, -0.25) is 10.1 Å². The van der Waals surface area contributed by atoms with Gasteiger partial charge in [-0.05, 0) is 19.1 Å². The van der Waals surface area contributed by atoms with Crippen LogP contribution in [-0.2, 0) is 16.1 Å². The van der Waals surface area contributed by atoms with E-state index in [1.54, 1.807) is 0 Å². The lowest BCUT2D eigenvalue weighted by Crippen LogP contribution is -2.19. The number of nitro benzene ring substituents is 1. The molecule has 7 heteroatoms. The lowest BCUT2D eigenvalue weighted by Gasteiger charge is -2.08. The van der Waals surface area contributed by atoms with Crippen molar-refractivity contribution in [1.29, 1.82) is 0 Å². The van der Waals surface area contributed by atoms with Crippen molar-refractivity contribution in [3.05, 3.63) is 38.9 Å². The Hall–Kier alpha value is -1.66. The summed E-state index contributed by atoms with van der Waals surface area (Å²) in [6.45, 7) is 1.17. The van der Waals surface area contributed by atoms with Crippen molar-refractivity contribution in [2.75, 3.05) is 0 Å². The zero-order valence-electron chi connectivity index (χ0n) is 8.92. The third-order valence-electron chi connectivity index (χ3n) is 2.07. The smallest absolute Gasteiger partial charge is 0.332 e. The fourth-order valence-electron chi connectivity index (χ4n) is 1.13. The number of ether oxygens (including phenoxy) is 1. The van der Waals surface area contributed by atoms with Gasteiger partial charge >= 0.3 is 5.97 Å². The van der Waals surface area contributed by atoms with E-state index < -0.39 is 17.0 Å². The Kier molecular flexibility index (Phi) is 4.42. The van der Waals surface area contributed by atoms with Gasteiger partial charge in [0, 0.05) is 11.1 Å². The number of halogens is 1. The van der Waals surface area contributed by atoms with E-state index in [4.69, 9.17) is 21.4 Å². The minimum Gasteiger partial charge on any atom is -0.479 e. The predicted molar refractivity (Wildman–Crippen MR) is 60.0 cm³/mol. The van der Waals surface area contributed by atoms with E-state index in [-0.39, 0.29) is 17.9 Å². The Bertz CT molecular complexity index is 448. The molecule has 92 valence electrons. The lowest BCUT2D eigenvalue weighted by atomic mass is 10.2. The molecule has 0 aliphatic carbocycles. The Balaban J connectivity index is 2.85. The van der Waals surface area contributed by atoms with Crippen molar-refractivity contribution in [3.63, 3.8) is 0 Å². The normalized spacial score (nSPS) is 12.1.